The molecule has 0 atom stereocenters. The van der Waals surface area contributed by atoms with Crippen molar-refractivity contribution in [3.63, 3.8) is 0 Å². The molecule has 0 radical (unpaired) electrons. The van der Waals surface area contributed by atoms with Crippen molar-refractivity contribution < 1.29 is 8.78 Å². The van der Waals surface area contributed by atoms with Gasteiger partial charge in [0.2, 0.25) is 11.9 Å². The van der Waals surface area contributed by atoms with Gasteiger partial charge >= 0.3 is 0 Å². The highest BCUT2D eigenvalue weighted by Crippen LogP contribution is 2.20. The summed E-state index contributed by atoms with van der Waals surface area (Å²) >= 11 is 0. The first-order valence-corrected chi connectivity index (χ1v) is 9.81. The van der Waals surface area contributed by atoms with Crippen LogP contribution >= 0.6 is 12.4 Å². The number of hydrogen-bond donors (Lipinski definition) is 2. The molecule has 1 saturated heterocycles. The van der Waals surface area contributed by atoms with Crippen LogP contribution in [0.1, 0.15) is 11.3 Å². The molecule has 9 nitrogen and oxygen atoms in total. The lowest BCUT2D eigenvalue weighted by Gasteiger charge is -2.35. The van der Waals surface area contributed by atoms with Crippen LogP contribution in [-0.2, 0) is 0 Å². The smallest absolute Gasteiger partial charge is 0.257 e. The number of hydrogen-bond acceptors (Lipinski definition) is 8. The highest BCUT2D eigenvalue weighted by Gasteiger charge is 2.17. The van der Waals surface area contributed by atoms with Crippen LogP contribution in [0.2, 0.25) is 0 Å². The minimum absolute atomic E-state index is 0. The van der Waals surface area contributed by atoms with Crippen molar-refractivity contribution in [2.45, 2.75) is 6.92 Å². The summed E-state index contributed by atoms with van der Waals surface area (Å²) in [6.07, 6.45) is 5.77. The van der Waals surface area contributed by atoms with E-state index in [2.05, 4.69) is 31.0 Å². The zero-order valence-electron chi connectivity index (χ0n) is 17.4. The van der Waals surface area contributed by atoms with Crippen LogP contribution < -0.4 is 16.4 Å². The number of piperazine rings is 1. The van der Waals surface area contributed by atoms with Crippen molar-refractivity contribution in [3.8, 4) is 5.95 Å². The molecule has 0 saturated carbocycles. The molecule has 12 heteroatoms. The van der Waals surface area contributed by atoms with Crippen molar-refractivity contribution in [3.05, 3.63) is 53.4 Å². The van der Waals surface area contributed by atoms with Crippen molar-refractivity contribution in [1.29, 1.82) is 0 Å². The van der Waals surface area contributed by atoms with Crippen LogP contribution in [0.5, 0.6) is 0 Å². The first-order valence-electron chi connectivity index (χ1n) is 9.81. The Morgan fingerprint density at radius 2 is 1.59 bits per heavy atom. The maximum Gasteiger partial charge on any atom is 0.257 e. The molecular weight excluding hydrogens is 440 g/mol. The second-order valence-electron chi connectivity index (χ2n) is 7.27. The molecule has 0 unspecified atom stereocenters. The normalized spacial score (nSPS) is 14.7. The van der Waals surface area contributed by atoms with E-state index in [0.717, 1.165) is 37.0 Å². The number of nitrogen functional groups attached to an aromatic ring is 2. The molecular formula is C20H24ClF2N9. The van der Waals surface area contributed by atoms with Crippen LogP contribution in [0.15, 0.2) is 30.5 Å². The van der Waals surface area contributed by atoms with Gasteiger partial charge in [0, 0.05) is 50.0 Å². The van der Waals surface area contributed by atoms with Gasteiger partial charge in [-0.3, -0.25) is 4.90 Å². The fraction of sp³-hybridized carbons (Fsp3) is 0.300. The van der Waals surface area contributed by atoms with E-state index in [4.69, 9.17) is 11.5 Å². The van der Waals surface area contributed by atoms with Crippen molar-refractivity contribution in [2.24, 2.45) is 0 Å². The van der Waals surface area contributed by atoms with Crippen LogP contribution in [0.25, 0.3) is 12.0 Å². The van der Waals surface area contributed by atoms with Gasteiger partial charge in [-0.25, -0.2) is 13.5 Å². The lowest BCUT2D eigenvalue weighted by atomic mass is 10.2. The summed E-state index contributed by atoms with van der Waals surface area (Å²) in [6.45, 7) is 5.65. The maximum atomic E-state index is 13.5. The number of aromatic nitrogens is 5. The minimum Gasteiger partial charge on any atom is -0.369 e. The van der Waals surface area contributed by atoms with E-state index in [1.807, 2.05) is 17.9 Å². The molecule has 1 fully saturated rings. The van der Waals surface area contributed by atoms with E-state index in [-0.39, 0.29) is 30.3 Å². The van der Waals surface area contributed by atoms with Crippen LogP contribution in [0, 0.1) is 18.6 Å². The van der Waals surface area contributed by atoms with Gasteiger partial charge in [0.15, 0.2) is 0 Å². The SMILES string of the molecule is Cc1c(/C=C/CN2CCN(c3cc(F)cc(F)c3)CC2)cnn1-c1nc(N)nc(N)n1.Cl. The second-order valence-corrected chi connectivity index (χ2v) is 7.27. The molecule has 0 bridgehead atoms. The topological polar surface area (TPSA) is 115 Å². The second kappa shape index (κ2) is 9.88. The van der Waals surface area contributed by atoms with Gasteiger partial charge in [0.25, 0.3) is 5.95 Å². The zero-order chi connectivity index (χ0) is 22.0. The van der Waals surface area contributed by atoms with E-state index in [1.54, 1.807) is 10.9 Å². The van der Waals surface area contributed by atoms with Crippen molar-refractivity contribution >= 4 is 36.1 Å². The van der Waals surface area contributed by atoms with Gasteiger partial charge in [0.05, 0.1) is 11.9 Å². The minimum atomic E-state index is -0.557. The Balaban J connectivity index is 0.00000289. The summed E-state index contributed by atoms with van der Waals surface area (Å²) in [6, 6.07) is 3.62. The Morgan fingerprint density at radius 1 is 0.969 bits per heavy atom. The summed E-state index contributed by atoms with van der Waals surface area (Å²) in [5.74, 6) is -0.770. The monoisotopic (exact) mass is 463 g/mol. The molecule has 0 aliphatic carbocycles. The summed E-state index contributed by atoms with van der Waals surface area (Å²) in [5.41, 5.74) is 13.6. The number of rotatable bonds is 5. The lowest BCUT2D eigenvalue weighted by molar-refractivity contribution is 0.284. The average molecular weight is 464 g/mol. The van der Waals surface area contributed by atoms with Crippen molar-refractivity contribution in [2.75, 3.05) is 49.1 Å². The summed E-state index contributed by atoms with van der Waals surface area (Å²) in [4.78, 5) is 16.2. The van der Waals surface area contributed by atoms with Gasteiger partial charge in [-0.05, 0) is 19.1 Å². The Kier molecular flexibility index (Phi) is 7.21. The van der Waals surface area contributed by atoms with Crippen molar-refractivity contribution in [1.82, 2.24) is 29.6 Å². The summed E-state index contributed by atoms with van der Waals surface area (Å²) in [7, 11) is 0. The van der Waals surface area contributed by atoms with Crippen LogP contribution in [0.4, 0.5) is 26.4 Å². The van der Waals surface area contributed by atoms with Crippen LogP contribution in [-0.4, -0.2) is 62.4 Å². The number of halogens is 3. The fourth-order valence-corrected chi connectivity index (χ4v) is 3.52. The number of nitrogens with zero attached hydrogens (tertiary/aromatic N) is 7. The van der Waals surface area contributed by atoms with Gasteiger partial charge in [0.1, 0.15) is 11.6 Å². The Morgan fingerprint density at radius 3 is 2.22 bits per heavy atom. The molecule has 1 aromatic carbocycles. The van der Waals surface area contributed by atoms with E-state index >= 15 is 0 Å². The van der Waals surface area contributed by atoms with Crippen LogP contribution in [0.3, 0.4) is 0 Å². The fourth-order valence-electron chi connectivity index (χ4n) is 3.52. The number of anilines is 3. The van der Waals surface area contributed by atoms with Gasteiger partial charge in [-0.2, -0.15) is 20.1 Å². The van der Waals surface area contributed by atoms with Gasteiger partial charge in [-0.15, -0.1) is 12.4 Å². The quantitative estimate of drug-likeness (QED) is 0.591. The highest BCUT2D eigenvalue weighted by molar-refractivity contribution is 5.85. The molecule has 4 N–H and O–H groups in total. The predicted molar refractivity (Wildman–Crippen MR) is 122 cm³/mol. The summed E-state index contributed by atoms with van der Waals surface area (Å²) < 4.78 is 28.5. The van der Waals surface area contributed by atoms with E-state index < -0.39 is 11.6 Å². The molecule has 3 aromatic rings. The van der Waals surface area contributed by atoms with Gasteiger partial charge in [-0.1, -0.05) is 12.2 Å². The molecule has 1 aliphatic rings. The standard InChI is InChI=1S/C20H23F2N9.ClH/c1-13-14(12-25-31(13)20-27-18(23)26-19(24)28-20)3-2-4-29-5-7-30(8-6-29)17-10-15(21)9-16(22)11-17;/h2-3,9-12H,4-8H2,1H3,(H4,23,24,26,27,28);1H/b3-2+;. The molecule has 32 heavy (non-hydrogen) atoms. The third kappa shape index (κ3) is 5.29. The summed E-state index contributed by atoms with van der Waals surface area (Å²) in [5, 5.41) is 4.31. The average Bonchev–Trinajstić information content (AvgIpc) is 3.07. The molecule has 2 aromatic heterocycles. The Bertz CT molecular complexity index is 1070. The molecule has 170 valence electrons. The lowest BCUT2D eigenvalue weighted by Crippen LogP contribution is -2.46. The Hall–Kier alpha value is -3.31. The third-order valence-electron chi connectivity index (χ3n) is 5.14. The maximum absolute atomic E-state index is 13.5. The van der Waals surface area contributed by atoms with E-state index in [9.17, 15) is 8.78 Å². The highest BCUT2D eigenvalue weighted by atomic mass is 35.5. The number of benzene rings is 1. The molecule has 1 aliphatic heterocycles. The molecule has 0 amide bonds. The largest absolute Gasteiger partial charge is 0.369 e. The van der Waals surface area contributed by atoms with Gasteiger partial charge < -0.3 is 16.4 Å². The molecule has 3 heterocycles. The molecule has 0 spiro atoms. The zero-order valence-corrected chi connectivity index (χ0v) is 18.3. The van der Waals surface area contributed by atoms with E-state index in [0.29, 0.717) is 18.8 Å². The third-order valence-corrected chi connectivity index (χ3v) is 5.14. The van der Waals surface area contributed by atoms with E-state index in [1.165, 1.54) is 12.1 Å². The number of nitrogens with two attached hydrogens (primary N) is 2. The predicted octanol–water partition coefficient (Wildman–Crippen LogP) is 2.07. The first kappa shape index (κ1) is 23.4. The Labute approximate surface area is 190 Å². The first-order chi connectivity index (χ1) is 14.9. The molecule has 4 rings (SSSR count).